The lowest BCUT2D eigenvalue weighted by Gasteiger charge is -2.60. The van der Waals surface area contributed by atoms with E-state index in [2.05, 4.69) is 19.8 Å². The largest absolute Gasteiger partial charge is 0.392 e. The molecule has 0 amide bonds. The lowest BCUT2D eigenvalue weighted by molar-refractivity contribution is -0.136. The summed E-state index contributed by atoms with van der Waals surface area (Å²) in [6.45, 7) is 4.48. The van der Waals surface area contributed by atoms with Gasteiger partial charge in [0.1, 0.15) is 5.60 Å². The second kappa shape index (κ2) is 5.10. The minimum Gasteiger partial charge on any atom is -0.392 e. The maximum Gasteiger partial charge on any atom is 0.130 e. The quantitative estimate of drug-likeness (QED) is 0.473. The van der Waals surface area contributed by atoms with E-state index in [1.165, 1.54) is 5.57 Å². The monoisotopic (exact) mass is 330 g/mol. The third kappa shape index (κ3) is 1.91. The zero-order valence-electron chi connectivity index (χ0n) is 14.8. The van der Waals surface area contributed by atoms with Crippen molar-refractivity contribution >= 4 is 0 Å². The first kappa shape index (κ1) is 16.6. The van der Waals surface area contributed by atoms with Gasteiger partial charge in [-0.2, -0.15) is 0 Å². The first-order valence-corrected chi connectivity index (χ1v) is 9.53. The lowest BCUT2D eigenvalue weighted by Crippen LogP contribution is -2.58. The molecule has 0 saturated heterocycles. The molecule has 4 rings (SSSR count). The van der Waals surface area contributed by atoms with E-state index in [0.29, 0.717) is 18.8 Å². The van der Waals surface area contributed by atoms with Crippen LogP contribution in [0.3, 0.4) is 0 Å². The van der Waals surface area contributed by atoms with E-state index >= 15 is 0 Å². The van der Waals surface area contributed by atoms with Gasteiger partial charge in [-0.1, -0.05) is 31.4 Å². The molecular formula is C21H30O3. The molecule has 3 fully saturated rings. The van der Waals surface area contributed by atoms with E-state index in [-0.39, 0.29) is 34.9 Å². The Morgan fingerprint density at radius 1 is 1.08 bits per heavy atom. The molecule has 0 heterocycles. The summed E-state index contributed by atoms with van der Waals surface area (Å²) in [5.41, 5.74) is 0.0304. The predicted molar refractivity (Wildman–Crippen MR) is 92.9 cm³/mol. The lowest BCUT2D eigenvalue weighted by atomic mass is 9.45. The van der Waals surface area contributed by atoms with Gasteiger partial charge in [-0.05, 0) is 68.1 Å². The molecule has 3 nitrogen and oxygen atoms in total. The molecule has 0 unspecified atom stereocenters. The highest BCUT2D eigenvalue weighted by Gasteiger charge is 2.65. The number of terminal acetylenes is 1. The van der Waals surface area contributed by atoms with Crippen LogP contribution in [0.2, 0.25) is 0 Å². The summed E-state index contributed by atoms with van der Waals surface area (Å²) in [6.07, 6.45) is 12.9. The van der Waals surface area contributed by atoms with Crippen molar-refractivity contribution in [1.82, 2.24) is 0 Å². The summed E-state index contributed by atoms with van der Waals surface area (Å²) in [5.74, 6) is 3.62. The molecule has 0 bridgehead atoms. The topological polar surface area (TPSA) is 60.7 Å². The third-order valence-corrected chi connectivity index (χ3v) is 8.50. The summed E-state index contributed by atoms with van der Waals surface area (Å²) >= 11 is 0. The van der Waals surface area contributed by atoms with Gasteiger partial charge in [0.15, 0.2) is 0 Å². The van der Waals surface area contributed by atoms with Gasteiger partial charge in [0.25, 0.3) is 0 Å². The Labute approximate surface area is 145 Å². The van der Waals surface area contributed by atoms with Crippen LogP contribution in [0.25, 0.3) is 0 Å². The second-order valence-electron chi connectivity index (χ2n) is 9.28. The van der Waals surface area contributed by atoms with Crippen molar-refractivity contribution in [3.63, 3.8) is 0 Å². The van der Waals surface area contributed by atoms with Crippen molar-refractivity contribution < 1.29 is 15.3 Å². The van der Waals surface area contributed by atoms with Gasteiger partial charge in [-0.3, -0.25) is 0 Å². The molecule has 132 valence electrons. The van der Waals surface area contributed by atoms with Crippen LogP contribution < -0.4 is 0 Å². The molecule has 24 heavy (non-hydrogen) atoms. The summed E-state index contributed by atoms with van der Waals surface area (Å²) in [5, 5.41) is 32.0. The standard InChI is InChI=1S/C21H30O3/c1-4-21(24)10-7-16-18-15(6-9-20(16,21)3)19(2)8-5-14(22)11-13(19)12-17(18)23/h1,11,14-18,22-24H,5-10,12H2,2-3H3/t14-,15-,16-,17-,18+,19-,20-,21-/m0/s1. The van der Waals surface area contributed by atoms with E-state index in [9.17, 15) is 15.3 Å². The fourth-order valence-electron chi connectivity index (χ4n) is 6.93. The number of hydrogen-bond acceptors (Lipinski definition) is 3. The fraction of sp³-hybridized carbons (Fsp3) is 0.810. The zero-order valence-corrected chi connectivity index (χ0v) is 14.8. The third-order valence-electron chi connectivity index (χ3n) is 8.50. The number of hydrogen-bond donors (Lipinski definition) is 3. The molecule has 3 saturated carbocycles. The van der Waals surface area contributed by atoms with Crippen LogP contribution in [0.4, 0.5) is 0 Å². The Hall–Kier alpha value is -0.820. The smallest absolute Gasteiger partial charge is 0.130 e. The van der Waals surface area contributed by atoms with Crippen molar-refractivity contribution in [2.24, 2.45) is 28.6 Å². The Morgan fingerprint density at radius 3 is 2.50 bits per heavy atom. The van der Waals surface area contributed by atoms with Crippen molar-refractivity contribution in [1.29, 1.82) is 0 Å². The highest BCUT2D eigenvalue weighted by molar-refractivity contribution is 5.29. The van der Waals surface area contributed by atoms with Crippen LogP contribution in [0.15, 0.2) is 11.6 Å². The van der Waals surface area contributed by atoms with Gasteiger partial charge in [0, 0.05) is 5.41 Å². The van der Waals surface area contributed by atoms with Crippen LogP contribution in [0, 0.1) is 40.9 Å². The molecule has 0 aromatic carbocycles. The highest BCUT2D eigenvalue weighted by Crippen LogP contribution is 2.67. The maximum absolute atomic E-state index is 11.0. The van der Waals surface area contributed by atoms with Gasteiger partial charge in [0.2, 0.25) is 0 Å². The van der Waals surface area contributed by atoms with Crippen LogP contribution >= 0.6 is 0 Å². The number of fused-ring (bicyclic) bond motifs is 5. The van der Waals surface area contributed by atoms with Crippen molar-refractivity contribution in [3.05, 3.63) is 11.6 Å². The van der Waals surface area contributed by atoms with Crippen LogP contribution in [0.1, 0.15) is 58.8 Å². The first-order chi connectivity index (χ1) is 11.2. The van der Waals surface area contributed by atoms with E-state index in [1.807, 2.05) is 6.08 Å². The molecule has 0 aliphatic heterocycles. The van der Waals surface area contributed by atoms with E-state index in [1.54, 1.807) is 0 Å². The Bertz CT molecular complexity index is 619. The fourth-order valence-corrected chi connectivity index (χ4v) is 6.93. The van der Waals surface area contributed by atoms with Crippen molar-refractivity contribution in [2.75, 3.05) is 0 Å². The summed E-state index contributed by atoms with van der Waals surface area (Å²) in [4.78, 5) is 0. The van der Waals surface area contributed by atoms with Gasteiger partial charge >= 0.3 is 0 Å². The summed E-state index contributed by atoms with van der Waals surface area (Å²) < 4.78 is 0. The van der Waals surface area contributed by atoms with Crippen LogP contribution in [0.5, 0.6) is 0 Å². The molecular weight excluding hydrogens is 300 g/mol. The van der Waals surface area contributed by atoms with Crippen molar-refractivity contribution in [2.45, 2.75) is 76.6 Å². The van der Waals surface area contributed by atoms with Gasteiger partial charge in [-0.25, -0.2) is 0 Å². The SMILES string of the molecule is C#C[C@]1(O)CC[C@H]2[C@@H]3[C@@H](O)CC4=C[C@@H](O)CC[C@]4(C)[C@H]3CC[C@@]21C. The van der Waals surface area contributed by atoms with Gasteiger partial charge in [0.05, 0.1) is 12.2 Å². The summed E-state index contributed by atoms with van der Waals surface area (Å²) in [7, 11) is 0. The number of rotatable bonds is 0. The highest BCUT2D eigenvalue weighted by atomic mass is 16.3. The number of aliphatic hydroxyl groups excluding tert-OH is 2. The maximum atomic E-state index is 11.0. The van der Waals surface area contributed by atoms with E-state index in [4.69, 9.17) is 6.42 Å². The van der Waals surface area contributed by atoms with Gasteiger partial charge < -0.3 is 15.3 Å². The minimum absolute atomic E-state index is 0.0846. The molecule has 4 aliphatic rings. The van der Waals surface area contributed by atoms with Gasteiger partial charge in [-0.15, -0.1) is 6.42 Å². The molecule has 8 atom stereocenters. The Balaban J connectivity index is 1.74. The molecule has 0 aromatic rings. The van der Waals surface area contributed by atoms with E-state index in [0.717, 1.165) is 32.1 Å². The minimum atomic E-state index is -1.03. The second-order valence-corrected chi connectivity index (χ2v) is 9.28. The average molecular weight is 330 g/mol. The van der Waals surface area contributed by atoms with Crippen molar-refractivity contribution in [3.8, 4) is 12.3 Å². The normalized spacial score (nSPS) is 56.5. The zero-order chi connectivity index (χ0) is 17.3. The Morgan fingerprint density at radius 2 is 1.79 bits per heavy atom. The Kier molecular flexibility index (Phi) is 3.53. The van der Waals surface area contributed by atoms with Crippen LogP contribution in [-0.2, 0) is 0 Å². The van der Waals surface area contributed by atoms with E-state index < -0.39 is 5.60 Å². The molecule has 4 aliphatic carbocycles. The molecule has 0 aromatic heterocycles. The average Bonchev–Trinajstić information content (AvgIpc) is 2.82. The molecule has 0 radical (unpaired) electrons. The first-order valence-electron chi connectivity index (χ1n) is 9.53. The molecule has 3 N–H and O–H groups in total. The predicted octanol–water partition coefficient (Wildman–Crippen LogP) is 2.65. The molecule has 3 heteroatoms. The van der Waals surface area contributed by atoms with Crippen LogP contribution in [-0.4, -0.2) is 33.1 Å². The summed E-state index contributed by atoms with van der Waals surface area (Å²) in [6, 6.07) is 0. The molecule has 0 spiro atoms. The number of aliphatic hydroxyl groups is 3.